The zero-order valence-electron chi connectivity index (χ0n) is 22.2. The first kappa shape index (κ1) is 29.2. The van der Waals surface area contributed by atoms with Gasteiger partial charge in [-0.25, -0.2) is 0 Å². The van der Waals surface area contributed by atoms with E-state index in [1.54, 1.807) is 0 Å². The van der Waals surface area contributed by atoms with E-state index in [0.29, 0.717) is 25.7 Å². The van der Waals surface area contributed by atoms with Crippen molar-refractivity contribution in [3.63, 3.8) is 0 Å². The molecule has 1 fully saturated rings. The molecule has 0 saturated carbocycles. The number of fused-ring (bicyclic) bond motifs is 1. The van der Waals surface area contributed by atoms with Crippen molar-refractivity contribution in [2.24, 2.45) is 0 Å². The molecule has 0 unspecified atom stereocenters. The molecule has 2 aromatic rings. The minimum atomic E-state index is -1.33. The number of rotatable bonds is 13. The Kier molecular flexibility index (Phi) is 11.1. The maximum atomic E-state index is 12.8. The minimum absolute atomic E-state index is 0.0482. The molecule has 2 heterocycles. The number of aromatic amines is 1. The molecule has 1 saturated heterocycles. The van der Waals surface area contributed by atoms with Crippen LogP contribution >= 0.6 is 0 Å². The van der Waals surface area contributed by atoms with Crippen molar-refractivity contribution < 1.29 is 42.9 Å². The molecular weight excluding hydrogens is 494 g/mol. The zero-order chi connectivity index (χ0) is 27.5. The maximum Gasteiger partial charge on any atom is 0.308 e. The van der Waals surface area contributed by atoms with Crippen molar-refractivity contribution >= 4 is 34.8 Å². The predicted molar refractivity (Wildman–Crippen MR) is 137 cm³/mol. The van der Waals surface area contributed by atoms with Crippen LogP contribution in [-0.2, 0) is 49.3 Å². The zero-order valence-corrected chi connectivity index (χ0v) is 22.2. The fourth-order valence-electron chi connectivity index (χ4n) is 4.24. The van der Waals surface area contributed by atoms with E-state index in [9.17, 15) is 19.2 Å². The number of benzene rings is 1. The number of ether oxygens (including phenoxy) is 5. The second-order valence-corrected chi connectivity index (χ2v) is 9.24. The highest BCUT2D eigenvalue weighted by Crippen LogP contribution is 2.27. The average Bonchev–Trinajstić information content (AvgIpc) is 3.29. The number of aromatic nitrogens is 1. The van der Waals surface area contributed by atoms with Crippen molar-refractivity contribution in [3.8, 4) is 0 Å². The smallest absolute Gasteiger partial charge is 0.308 e. The van der Waals surface area contributed by atoms with E-state index in [2.05, 4.69) is 4.98 Å². The molecule has 1 aromatic carbocycles. The van der Waals surface area contributed by atoms with Crippen LogP contribution in [0.15, 0.2) is 30.5 Å². The normalized spacial score (nSPS) is 21.0. The first-order valence-corrected chi connectivity index (χ1v) is 13.3. The Labute approximate surface area is 222 Å². The molecular formula is C28H37NO9. The topological polar surface area (TPSA) is 130 Å². The lowest BCUT2D eigenvalue weighted by Crippen LogP contribution is -2.58. The van der Waals surface area contributed by atoms with E-state index in [0.717, 1.165) is 16.5 Å². The van der Waals surface area contributed by atoms with Gasteiger partial charge in [0.25, 0.3) is 0 Å². The maximum absolute atomic E-state index is 12.8. The van der Waals surface area contributed by atoms with E-state index in [-0.39, 0.29) is 32.3 Å². The van der Waals surface area contributed by atoms with Crippen LogP contribution in [-0.4, -0.2) is 60.1 Å². The lowest BCUT2D eigenvalue weighted by molar-refractivity contribution is -0.275. The van der Waals surface area contributed by atoms with Gasteiger partial charge >= 0.3 is 23.9 Å². The number of para-hydroxylation sites is 1. The van der Waals surface area contributed by atoms with Crippen LogP contribution in [0.1, 0.15) is 71.3 Å². The fourth-order valence-corrected chi connectivity index (χ4v) is 4.24. The van der Waals surface area contributed by atoms with Crippen LogP contribution < -0.4 is 0 Å². The van der Waals surface area contributed by atoms with Crippen molar-refractivity contribution in [3.05, 3.63) is 36.0 Å². The summed E-state index contributed by atoms with van der Waals surface area (Å²) in [5.74, 6) is -2.18. The third kappa shape index (κ3) is 8.05. The van der Waals surface area contributed by atoms with Gasteiger partial charge in [-0.15, -0.1) is 0 Å². The third-order valence-electron chi connectivity index (χ3n) is 6.08. The van der Waals surface area contributed by atoms with Crippen LogP contribution in [0.2, 0.25) is 0 Å². The molecule has 208 valence electrons. The number of carbonyl (C=O) groups excluding carboxylic acids is 4. The number of esters is 4. The first-order valence-electron chi connectivity index (χ1n) is 13.3. The van der Waals surface area contributed by atoms with Gasteiger partial charge in [-0.05, 0) is 37.3 Å². The van der Waals surface area contributed by atoms with Gasteiger partial charge in [-0.1, -0.05) is 39.0 Å². The number of H-pyrrole nitrogens is 1. The summed E-state index contributed by atoms with van der Waals surface area (Å²) in [6.45, 7) is 5.27. The number of hydrogen-bond donors (Lipinski definition) is 1. The Hall–Kier alpha value is -3.40. The van der Waals surface area contributed by atoms with E-state index in [1.165, 1.54) is 0 Å². The Morgan fingerprint density at radius 1 is 0.789 bits per heavy atom. The van der Waals surface area contributed by atoms with Crippen molar-refractivity contribution in [2.75, 3.05) is 6.61 Å². The van der Waals surface area contributed by atoms with Crippen LogP contribution in [0.5, 0.6) is 0 Å². The second-order valence-electron chi connectivity index (χ2n) is 9.24. The summed E-state index contributed by atoms with van der Waals surface area (Å²) in [7, 11) is 0. The molecule has 4 atom stereocenters. The molecule has 0 bridgehead atoms. The number of aryl methyl sites for hydroxylation is 1. The van der Waals surface area contributed by atoms with Gasteiger partial charge in [-0.2, -0.15) is 0 Å². The molecule has 1 aromatic heterocycles. The molecule has 10 nitrogen and oxygen atoms in total. The van der Waals surface area contributed by atoms with Crippen LogP contribution in [0.25, 0.3) is 10.9 Å². The highest BCUT2D eigenvalue weighted by molar-refractivity contribution is 5.83. The SMILES string of the molecule is CCCC(=O)O[C@@H]1[C@@H](OC(=O)CCC)[C@@H](OC(=O)CCc2c[nH]c3ccccc23)OC[C@H]1OC(=O)CCC. The van der Waals surface area contributed by atoms with Gasteiger partial charge in [-0.3, -0.25) is 19.2 Å². The quantitative estimate of drug-likeness (QED) is 0.299. The molecule has 0 aliphatic carbocycles. The van der Waals surface area contributed by atoms with Gasteiger partial charge in [0.15, 0.2) is 12.2 Å². The summed E-state index contributed by atoms with van der Waals surface area (Å²) in [4.78, 5) is 53.1. The largest absolute Gasteiger partial charge is 0.456 e. The number of nitrogens with one attached hydrogen (secondary N) is 1. The van der Waals surface area contributed by atoms with Gasteiger partial charge in [0.1, 0.15) is 0 Å². The molecule has 38 heavy (non-hydrogen) atoms. The second kappa shape index (κ2) is 14.5. The summed E-state index contributed by atoms with van der Waals surface area (Å²) in [5, 5.41) is 1.01. The summed E-state index contributed by atoms with van der Waals surface area (Å²) >= 11 is 0. The monoisotopic (exact) mass is 531 g/mol. The van der Waals surface area contributed by atoms with Gasteiger partial charge < -0.3 is 28.7 Å². The van der Waals surface area contributed by atoms with Crippen LogP contribution in [0, 0.1) is 0 Å². The highest BCUT2D eigenvalue weighted by atomic mass is 16.7. The highest BCUT2D eigenvalue weighted by Gasteiger charge is 2.49. The standard InChI is InChI=1S/C28H37NO9/c1-4-9-22(30)35-21-17-34-28(27(37-24(32)11-6-3)26(21)36-23(31)10-5-2)38-25(33)15-14-18-16-29-20-13-8-7-12-19(18)20/h7-8,12-13,16,21,26-29H,4-6,9-11,14-15,17H2,1-3H3/t21-,26+,27-,28-/m1/s1. The first-order chi connectivity index (χ1) is 18.4. The van der Waals surface area contributed by atoms with Gasteiger partial charge in [0, 0.05) is 42.8 Å². The number of carbonyl (C=O) groups is 4. The Morgan fingerprint density at radius 2 is 1.37 bits per heavy atom. The van der Waals surface area contributed by atoms with E-state index in [4.69, 9.17) is 23.7 Å². The summed E-state index contributed by atoms with van der Waals surface area (Å²) in [6.07, 6.45) is -0.483. The molecule has 0 spiro atoms. The van der Waals surface area contributed by atoms with E-state index >= 15 is 0 Å². The summed E-state index contributed by atoms with van der Waals surface area (Å²) in [6, 6.07) is 7.77. The van der Waals surface area contributed by atoms with Gasteiger partial charge in [0.05, 0.1) is 6.61 Å². The van der Waals surface area contributed by atoms with Crippen LogP contribution in [0.4, 0.5) is 0 Å². The third-order valence-corrected chi connectivity index (χ3v) is 6.08. The molecule has 1 aliphatic rings. The van der Waals surface area contributed by atoms with E-state index < -0.39 is 48.5 Å². The van der Waals surface area contributed by atoms with Crippen LogP contribution in [0.3, 0.4) is 0 Å². The average molecular weight is 532 g/mol. The Balaban J connectivity index is 1.75. The van der Waals surface area contributed by atoms with E-state index in [1.807, 2.05) is 51.2 Å². The predicted octanol–water partition coefficient (Wildman–Crippen LogP) is 4.14. The molecule has 0 radical (unpaired) electrons. The van der Waals surface area contributed by atoms with Crippen molar-refractivity contribution in [1.82, 2.24) is 4.98 Å². The summed E-state index contributed by atoms with van der Waals surface area (Å²) in [5.41, 5.74) is 1.93. The number of hydrogen-bond acceptors (Lipinski definition) is 9. The van der Waals surface area contributed by atoms with Gasteiger partial charge in [0.2, 0.25) is 12.4 Å². The molecule has 3 rings (SSSR count). The fraction of sp³-hybridized carbons (Fsp3) is 0.571. The summed E-state index contributed by atoms with van der Waals surface area (Å²) < 4.78 is 28.0. The molecule has 1 aliphatic heterocycles. The van der Waals surface area contributed by atoms with Crippen molar-refractivity contribution in [1.29, 1.82) is 0 Å². The lowest BCUT2D eigenvalue weighted by Gasteiger charge is -2.40. The Morgan fingerprint density at radius 3 is 2.03 bits per heavy atom. The minimum Gasteiger partial charge on any atom is -0.456 e. The molecule has 0 amide bonds. The Bertz CT molecular complexity index is 1090. The van der Waals surface area contributed by atoms with Crippen molar-refractivity contribution in [2.45, 2.75) is 96.7 Å². The molecule has 10 heteroatoms. The molecule has 1 N–H and O–H groups in total. The lowest BCUT2D eigenvalue weighted by atomic mass is 10.0.